The molecule has 1 saturated carbocycles. The Labute approximate surface area is 163 Å². The fourth-order valence-corrected chi connectivity index (χ4v) is 3.25. The van der Waals surface area contributed by atoms with Gasteiger partial charge in [-0.15, -0.1) is 0 Å². The summed E-state index contributed by atoms with van der Waals surface area (Å²) < 4.78 is 5.25. The van der Waals surface area contributed by atoms with Crippen LogP contribution in [0.25, 0.3) is 0 Å². The molecule has 1 aromatic rings. The van der Waals surface area contributed by atoms with Gasteiger partial charge in [-0.1, -0.05) is 36.8 Å². The lowest BCUT2D eigenvalue weighted by Crippen LogP contribution is -2.41. The molecule has 1 aliphatic carbocycles. The Bertz CT molecular complexity index is 585. The number of nitrogens with one attached hydrogen (secondary N) is 3. The molecule has 0 radical (unpaired) electrons. The van der Waals surface area contributed by atoms with Crippen LogP contribution in [0.4, 0.5) is 0 Å². The summed E-state index contributed by atoms with van der Waals surface area (Å²) in [5.74, 6) is 0.829. The highest BCUT2D eigenvalue weighted by molar-refractivity contribution is 5.81. The topological polar surface area (TPSA) is 74.8 Å². The lowest BCUT2D eigenvalue weighted by Gasteiger charge is -2.40. The minimum Gasteiger partial charge on any atom is -0.385 e. The van der Waals surface area contributed by atoms with Crippen LogP contribution in [0.3, 0.4) is 0 Å². The number of ether oxygens (including phenoxy) is 1. The first-order valence-electron chi connectivity index (χ1n) is 9.99. The van der Waals surface area contributed by atoms with E-state index < -0.39 is 0 Å². The van der Waals surface area contributed by atoms with Crippen molar-refractivity contribution in [3.63, 3.8) is 0 Å². The first-order chi connectivity index (χ1) is 13.2. The molecule has 0 saturated heterocycles. The second kappa shape index (κ2) is 11.6. The van der Waals surface area contributed by atoms with Crippen LogP contribution in [0.2, 0.25) is 0 Å². The summed E-state index contributed by atoms with van der Waals surface area (Å²) in [5.41, 5.74) is 1.40. The molecule has 1 fully saturated rings. The predicted molar refractivity (Wildman–Crippen MR) is 110 cm³/mol. The van der Waals surface area contributed by atoms with Gasteiger partial charge in [0.25, 0.3) is 0 Å². The molecule has 0 spiro atoms. The van der Waals surface area contributed by atoms with Crippen molar-refractivity contribution in [2.24, 2.45) is 10.4 Å². The van der Waals surface area contributed by atoms with E-state index in [1.807, 2.05) is 37.3 Å². The van der Waals surface area contributed by atoms with Gasteiger partial charge in [-0.2, -0.15) is 0 Å². The van der Waals surface area contributed by atoms with E-state index in [1.165, 1.54) is 19.3 Å². The maximum Gasteiger partial charge on any atom is 0.222 e. The Hall–Kier alpha value is -2.08. The molecule has 0 heterocycles. The molecule has 2 rings (SSSR count). The van der Waals surface area contributed by atoms with Crippen molar-refractivity contribution in [1.82, 2.24) is 16.0 Å². The lowest BCUT2D eigenvalue weighted by molar-refractivity contribution is -0.121. The van der Waals surface area contributed by atoms with Crippen LogP contribution in [-0.4, -0.2) is 45.2 Å². The number of methoxy groups -OCH3 is 1. The van der Waals surface area contributed by atoms with Crippen LogP contribution < -0.4 is 16.0 Å². The second-order valence-corrected chi connectivity index (χ2v) is 7.23. The number of carbonyl (C=O) groups is 1. The monoisotopic (exact) mass is 374 g/mol. The summed E-state index contributed by atoms with van der Waals surface area (Å²) in [7, 11) is 1.75. The number of hydrogen-bond acceptors (Lipinski definition) is 3. The summed E-state index contributed by atoms with van der Waals surface area (Å²) in [6, 6.07) is 9.94. The van der Waals surface area contributed by atoms with Crippen molar-refractivity contribution < 1.29 is 9.53 Å². The van der Waals surface area contributed by atoms with E-state index in [4.69, 9.17) is 9.73 Å². The molecular formula is C21H34N4O2. The molecule has 0 bridgehead atoms. The molecule has 3 N–H and O–H groups in total. The molecule has 6 heteroatoms. The van der Waals surface area contributed by atoms with Crippen molar-refractivity contribution in [3.05, 3.63) is 35.9 Å². The van der Waals surface area contributed by atoms with Gasteiger partial charge in [0.2, 0.25) is 5.91 Å². The normalized spacial score (nSPS) is 15.7. The lowest BCUT2D eigenvalue weighted by atomic mass is 9.67. The summed E-state index contributed by atoms with van der Waals surface area (Å²) in [4.78, 5) is 16.8. The van der Waals surface area contributed by atoms with Crippen LogP contribution in [0, 0.1) is 5.41 Å². The van der Waals surface area contributed by atoms with E-state index in [0.717, 1.165) is 37.6 Å². The number of carbonyl (C=O) groups excluding carboxylic acids is 1. The minimum absolute atomic E-state index is 0.0396. The number of guanidine groups is 1. The summed E-state index contributed by atoms with van der Waals surface area (Å²) in [6.45, 7) is 5.59. The van der Waals surface area contributed by atoms with Crippen LogP contribution in [-0.2, 0) is 16.1 Å². The smallest absolute Gasteiger partial charge is 0.222 e. The van der Waals surface area contributed by atoms with E-state index in [-0.39, 0.29) is 5.91 Å². The third-order valence-electron chi connectivity index (χ3n) is 5.14. The highest BCUT2D eigenvalue weighted by Gasteiger charge is 2.36. The highest BCUT2D eigenvalue weighted by Crippen LogP contribution is 2.44. The molecular weight excluding hydrogens is 340 g/mol. The maximum atomic E-state index is 12.0. The summed E-state index contributed by atoms with van der Waals surface area (Å²) in [6.07, 6.45) is 5.22. The molecule has 27 heavy (non-hydrogen) atoms. The van der Waals surface area contributed by atoms with E-state index in [9.17, 15) is 4.79 Å². The zero-order chi connectivity index (χ0) is 19.4. The number of benzene rings is 1. The number of rotatable bonds is 11. The van der Waals surface area contributed by atoms with E-state index >= 15 is 0 Å². The zero-order valence-corrected chi connectivity index (χ0v) is 16.7. The number of amides is 1. The number of aliphatic imine (C=N–C) groups is 1. The standard InChI is InChI=1S/C21H34N4O2/c1-3-22-20(25-17-21(11-7-12-21)13-15-27-2)23-14-10-19(26)24-16-18-8-5-4-6-9-18/h4-6,8-9H,3,7,10-17H2,1-2H3,(H,24,26)(H2,22,23,25). The molecule has 0 aliphatic heterocycles. The van der Waals surface area contributed by atoms with Gasteiger partial charge in [0.1, 0.15) is 0 Å². The van der Waals surface area contributed by atoms with Gasteiger partial charge >= 0.3 is 0 Å². The van der Waals surface area contributed by atoms with Gasteiger partial charge in [-0.05, 0) is 37.2 Å². The van der Waals surface area contributed by atoms with Gasteiger partial charge in [-0.25, -0.2) is 0 Å². The fourth-order valence-electron chi connectivity index (χ4n) is 3.25. The molecule has 1 aromatic carbocycles. The molecule has 1 aliphatic rings. The maximum absolute atomic E-state index is 12.0. The Kier molecular flexibility index (Phi) is 9.11. The largest absolute Gasteiger partial charge is 0.385 e. The third kappa shape index (κ3) is 7.59. The molecule has 0 atom stereocenters. The van der Waals surface area contributed by atoms with Crippen molar-refractivity contribution in [2.75, 3.05) is 33.4 Å². The molecule has 6 nitrogen and oxygen atoms in total. The van der Waals surface area contributed by atoms with Crippen LogP contribution in [0.5, 0.6) is 0 Å². The molecule has 1 amide bonds. The van der Waals surface area contributed by atoms with Gasteiger partial charge in [0.15, 0.2) is 5.96 Å². The molecule has 150 valence electrons. The van der Waals surface area contributed by atoms with Crippen molar-refractivity contribution in [2.45, 2.75) is 45.6 Å². The quantitative estimate of drug-likeness (QED) is 0.411. The first kappa shape index (κ1) is 21.2. The Balaban J connectivity index is 1.72. The fraction of sp³-hybridized carbons (Fsp3) is 0.619. The third-order valence-corrected chi connectivity index (χ3v) is 5.14. The SMILES string of the molecule is CCNC(=NCC1(CCOC)CCC1)NCCC(=O)NCc1ccccc1. The van der Waals surface area contributed by atoms with Gasteiger partial charge in [-0.3, -0.25) is 9.79 Å². The van der Waals surface area contributed by atoms with Crippen molar-refractivity contribution in [3.8, 4) is 0 Å². The van der Waals surface area contributed by atoms with Gasteiger partial charge in [0.05, 0.1) is 0 Å². The minimum atomic E-state index is 0.0396. The second-order valence-electron chi connectivity index (χ2n) is 7.23. The Morgan fingerprint density at radius 3 is 2.59 bits per heavy atom. The molecule has 0 aromatic heterocycles. The van der Waals surface area contributed by atoms with Crippen molar-refractivity contribution in [1.29, 1.82) is 0 Å². The van der Waals surface area contributed by atoms with E-state index in [1.54, 1.807) is 7.11 Å². The Morgan fingerprint density at radius 1 is 1.19 bits per heavy atom. The first-order valence-corrected chi connectivity index (χ1v) is 9.99. The van der Waals surface area contributed by atoms with Gasteiger partial charge < -0.3 is 20.7 Å². The summed E-state index contributed by atoms with van der Waals surface area (Å²) >= 11 is 0. The Morgan fingerprint density at radius 2 is 1.96 bits per heavy atom. The van der Waals surface area contributed by atoms with Crippen LogP contribution in [0.1, 0.15) is 44.6 Å². The van der Waals surface area contributed by atoms with Gasteiger partial charge in [0, 0.05) is 46.3 Å². The molecule has 0 unspecified atom stereocenters. The van der Waals surface area contributed by atoms with E-state index in [0.29, 0.717) is 24.9 Å². The number of nitrogens with zero attached hydrogens (tertiary/aromatic N) is 1. The zero-order valence-electron chi connectivity index (χ0n) is 16.7. The average Bonchev–Trinajstić information content (AvgIpc) is 2.66. The highest BCUT2D eigenvalue weighted by atomic mass is 16.5. The van der Waals surface area contributed by atoms with Crippen molar-refractivity contribution >= 4 is 11.9 Å². The van der Waals surface area contributed by atoms with Crippen LogP contribution >= 0.6 is 0 Å². The van der Waals surface area contributed by atoms with E-state index in [2.05, 4.69) is 16.0 Å². The average molecular weight is 375 g/mol. The predicted octanol–water partition coefficient (Wildman–Crippen LogP) is 2.45. The summed E-state index contributed by atoms with van der Waals surface area (Å²) in [5, 5.41) is 9.49. The van der Waals surface area contributed by atoms with Crippen LogP contribution in [0.15, 0.2) is 35.3 Å². The number of hydrogen-bond donors (Lipinski definition) is 3.